The Morgan fingerprint density at radius 2 is 1.42 bits per heavy atom. The van der Waals surface area contributed by atoms with E-state index in [1.807, 2.05) is 0 Å². The average Bonchev–Trinajstić information content (AvgIpc) is 3.08. The first-order valence-electron chi connectivity index (χ1n) is 16.6. The Balaban J connectivity index is 1.79. The zero-order chi connectivity index (χ0) is 28.1. The van der Waals surface area contributed by atoms with E-state index < -0.39 is 13.9 Å². The third-order valence-electron chi connectivity index (χ3n) is 12.7. The molecule has 0 aromatic heterocycles. The molecule has 3 nitrogen and oxygen atoms in total. The van der Waals surface area contributed by atoms with Gasteiger partial charge in [-0.3, -0.25) is 4.79 Å². The first-order chi connectivity index (χ1) is 17.5. The lowest BCUT2D eigenvalue weighted by molar-refractivity contribution is -0.187. The molecule has 0 radical (unpaired) electrons. The van der Waals surface area contributed by atoms with Crippen LogP contribution in [0.2, 0.25) is 18.6 Å². The first-order valence-corrected chi connectivity index (χ1v) is 19.5. The third kappa shape index (κ3) is 5.57. The number of hydrogen-bond donors (Lipinski definition) is 1. The molecule has 1 N–H and O–H groups in total. The van der Waals surface area contributed by atoms with Gasteiger partial charge in [-0.15, -0.1) is 0 Å². The molecule has 2 bridgehead atoms. The highest BCUT2D eigenvalue weighted by Gasteiger charge is 2.65. The monoisotopic (exact) mass is 545 g/mol. The third-order valence-corrected chi connectivity index (χ3v) is 16.1. The second kappa shape index (κ2) is 10.8. The van der Waals surface area contributed by atoms with Gasteiger partial charge in [0.05, 0.1) is 0 Å². The molecule has 4 fully saturated rings. The normalized spacial score (nSPS) is 40.8. The molecule has 4 heteroatoms. The van der Waals surface area contributed by atoms with Crippen molar-refractivity contribution in [2.45, 2.75) is 169 Å². The minimum Gasteiger partial charge on any atom is -0.402 e. The molecule has 0 saturated heterocycles. The summed E-state index contributed by atoms with van der Waals surface area (Å²) in [5.74, 6) is 3.67. The molecule has 4 rings (SSSR count). The maximum absolute atomic E-state index is 14.8. The standard InChI is InChI=1S/C34H63NO2Si/c1-24-17-18-26-23-29-25(2)19-22-34(30(36)35-31(3,4)5,33(29,8)21-20-28(24)32(26,6)7)37-38(9,10)27-15-13-11-12-14-16-27/h24-29H,11-23H2,1-10H3,(H,35,36)/t24-,25-,26+,28+,29-,33+,34?/m1/s1. The fourth-order valence-electron chi connectivity index (χ4n) is 10.2. The van der Waals surface area contributed by atoms with Gasteiger partial charge in [0.15, 0.2) is 8.32 Å². The maximum atomic E-state index is 14.8. The molecule has 0 heterocycles. The molecule has 0 aromatic rings. The van der Waals surface area contributed by atoms with Crippen molar-refractivity contribution in [3.8, 4) is 0 Å². The molecule has 4 aliphatic carbocycles. The van der Waals surface area contributed by atoms with E-state index >= 15 is 0 Å². The van der Waals surface area contributed by atoms with Crippen LogP contribution in [0.1, 0.15) is 139 Å². The lowest BCUT2D eigenvalue weighted by Gasteiger charge is -2.63. The van der Waals surface area contributed by atoms with Crippen LogP contribution < -0.4 is 5.32 Å². The topological polar surface area (TPSA) is 38.3 Å². The van der Waals surface area contributed by atoms with Gasteiger partial charge in [0.2, 0.25) is 0 Å². The van der Waals surface area contributed by atoms with Crippen molar-refractivity contribution in [3.05, 3.63) is 0 Å². The van der Waals surface area contributed by atoms with Gasteiger partial charge in [-0.05, 0) is 113 Å². The Hall–Kier alpha value is -0.353. The Labute approximate surface area is 237 Å². The highest BCUT2D eigenvalue weighted by molar-refractivity contribution is 6.73. The molecular formula is C34H63NO2Si. The summed E-state index contributed by atoms with van der Waals surface area (Å²) in [5, 5.41) is 3.51. The van der Waals surface area contributed by atoms with E-state index in [0.717, 1.165) is 37.0 Å². The zero-order valence-electron chi connectivity index (χ0n) is 27.0. The van der Waals surface area contributed by atoms with E-state index in [1.165, 1.54) is 64.2 Å². The van der Waals surface area contributed by atoms with E-state index in [4.69, 9.17) is 4.43 Å². The van der Waals surface area contributed by atoms with Crippen molar-refractivity contribution in [1.82, 2.24) is 5.32 Å². The number of carbonyl (C=O) groups is 1. The number of hydrogen-bond acceptors (Lipinski definition) is 2. The molecule has 4 saturated carbocycles. The lowest BCUT2D eigenvalue weighted by atomic mass is 9.45. The van der Waals surface area contributed by atoms with Gasteiger partial charge in [0.25, 0.3) is 5.91 Å². The highest BCUT2D eigenvalue weighted by atomic mass is 28.4. The van der Waals surface area contributed by atoms with E-state index in [-0.39, 0.29) is 16.9 Å². The van der Waals surface area contributed by atoms with Crippen LogP contribution in [0.4, 0.5) is 0 Å². The first kappa shape index (κ1) is 30.6. The van der Waals surface area contributed by atoms with Gasteiger partial charge in [0, 0.05) is 11.0 Å². The molecule has 38 heavy (non-hydrogen) atoms. The SMILES string of the molecule is C[C@@H]1CCC(O[Si](C)(C)C2CCCCCC2)(C(=O)NC(C)(C)C)[C@@]2(C)CC[C@H]3[C@H](C)CC[C@@H](C[C@H]12)C3(C)C. The van der Waals surface area contributed by atoms with Crippen LogP contribution in [0.3, 0.4) is 0 Å². The maximum Gasteiger partial charge on any atom is 0.252 e. The van der Waals surface area contributed by atoms with E-state index in [2.05, 4.69) is 73.8 Å². The molecule has 7 atom stereocenters. The van der Waals surface area contributed by atoms with E-state index in [1.54, 1.807) is 0 Å². The smallest absolute Gasteiger partial charge is 0.252 e. The quantitative estimate of drug-likeness (QED) is 0.282. The molecule has 0 aliphatic heterocycles. The number of fused-ring (bicyclic) bond motifs is 3. The number of carbonyl (C=O) groups excluding carboxylic acids is 1. The summed E-state index contributed by atoms with van der Waals surface area (Å²) >= 11 is 0. The van der Waals surface area contributed by atoms with Crippen LogP contribution in [0.25, 0.3) is 0 Å². The highest BCUT2D eigenvalue weighted by Crippen LogP contribution is 2.64. The van der Waals surface area contributed by atoms with Crippen molar-refractivity contribution in [2.24, 2.45) is 40.4 Å². The largest absolute Gasteiger partial charge is 0.402 e. The minimum absolute atomic E-state index is 0.126. The van der Waals surface area contributed by atoms with Crippen molar-refractivity contribution in [3.63, 3.8) is 0 Å². The summed E-state index contributed by atoms with van der Waals surface area (Å²) < 4.78 is 7.71. The summed E-state index contributed by atoms with van der Waals surface area (Å²) in [4.78, 5) is 14.8. The fourth-order valence-corrected chi connectivity index (χ4v) is 13.5. The summed E-state index contributed by atoms with van der Waals surface area (Å²) in [6, 6.07) is 0. The summed E-state index contributed by atoms with van der Waals surface area (Å²) in [6.07, 6.45) is 16.4. The molecular weight excluding hydrogens is 482 g/mol. The van der Waals surface area contributed by atoms with Crippen molar-refractivity contribution >= 4 is 14.2 Å². The number of nitrogens with one attached hydrogen (secondary N) is 1. The molecule has 1 amide bonds. The zero-order valence-corrected chi connectivity index (χ0v) is 28.0. The Kier molecular flexibility index (Phi) is 8.70. The summed E-state index contributed by atoms with van der Waals surface area (Å²) in [7, 11) is -2.14. The number of rotatable bonds is 4. The van der Waals surface area contributed by atoms with Crippen molar-refractivity contribution < 1.29 is 9.22 Å². The van der Waals surface area contributed by atoms with Gasteiger partial charge < -0.3 is 9.74 Å². The van der Waals surface area contributed by atoms with Crippen LogP contribution >= 0.6 is 0 Å². The Morgan fingerprint density at radius 1 is 0.816 bits per heavy atom. The molecule has 1 unspecified atom stereocenters. The Morgan fingerprint density at radius 3 is 2.03 bits per heavy atom. The second-order valence-corrected chi connectivity index (χ2v) is 21.1. The summed E-state index contributed by atoms with van der Waals surface area (Å²) in [5.41, 5.74) is -0.0396. The predicted octanol–water partition coefficient (Wildman–Crippen LogP) is 9.51. The van der Waals surface area contributed by atoms with Crippen LogP contribution in [0.15, 0.2) is 0 Å². The van der Waals surface area contributed by atoms with Crippen molar-refractivity contribution in [1.29, 1.82) is 0 Å². The Bertz CT molecular complexity index is 838. The van der Waals surface area contributed by atoms with Crippen LogP contribution in [0, 0.1) is 40.4 Å². The van der Waals surface area contributed by atoms with Crippen LogP contribution in [-0.4, -0.2) is 25.4 Å². The van der Waals surface area contributed by atoms with Gasteiger partial charge in [-0.25, -0.2) is 0 Å². The average molecular weight is 546 g/mol. The van der Waals surface area contributed by atoms with Crippen LogP contribution in [0.5, 0.6) is 0 Å². The number of amides is 1. The molecule has 220 valence electrons. The molecule has 4 aliphatic rings. The fraction of sp³-hybridized carbons (Fsp3) is 0.971. The van der Waals surface area contributed by atoms with E-state index in [0.29, 0.717) is 22.8 Å². The summed E-state index contributed by atoms with van der Waals surface area (Å²) in [6.45, 7) is 24.0. The second-order valence-electron chi connectivity index (χ2n) is 16.9. The van der Waals surface area contributed by atoms with Crippen LogP contribution in [-0.2, 0) is 9.22 Å². The predicted molar refractivity (Wildman–Crippen MR) is 164 cm³/mol. The van der Waals surface area contributed by atoms with Crippen molar-refractivity contribution in [2.75, 3.05) is 0 Å². The van der Waals surface area contributed by atoms with Gasteiger partial charge in [-0.1, -0.05) is 79.6 Å². The molecule has 0 spiro atoms. The van der Waals surface area contributed by atoms with Gasteiger partial charge in [-0.2, -0.15) is 0 Å². The van der Waals surface area contributed by atoms with Gasteiger partial charge in [0.1, 0.15) is 5.60 Å². The molecule has 0 aromatic carbocycles. The van der Waals surface area contributed by atoms with E-state index in [9.17, 15) is 4.79 Å². The minimum atomic E-state index is -2.14. The van der Waals surface area contributed by atoms with Gasteiger partial charge >= 0.3 is 0 Å². The lowest BCUT2D eigenvalue weighted by Crippen LogP contribution is -2.70.